The lowest BCUT2D eigenvalue weighted by atomic mass is 10.1. The molecule has 1 aliphatic heterocycles. The van der Waals surface area contributed by atoms with E-state index in [-0.39, 0.29) is 11.9 Å². The van der Waals surface area contributed by atoms with Crippen molar-refractivity contribution in [2.24, 2.45) is 0 Å². The Bertz CT molecular complexity index is 723. The molecule has 0 bridgehead atoms. The van der Waals surface area contributed by atoms with E-state index in [1.807, 2.05) is 18.0 Å². The molecule has 3 rings (SSSR count). The van der Waals surface area contributed by atoms with E-state index >= 15 is 0 Å². The van der Waals surface area contributed by atoms with Crippen LogP contribution in [0.5, 0.6) is 0 Å². The first-order valence-electron chi connectivity index (χ1n) is 7.03. The van der Waals surface area contributed by atoms with Gasteiger partial charge >= 0.3 is 0 Å². The second kappa shape index (κ2) is 5.73. The third kappa shape index (κ3) is 2.65. The molecule has 0 radical (unpaired) electrons. The van der Waals surface area contributed by atoms with Gasteiger partial charge in [0.2, 0.25) is 5.89 Å². The van der Waals surface area contributed by atoms with Gasteiger partial charge in [-0.3, -0.25) is 4.90 Å². The molecule has 22 heavy (non-hydrogen) atoms. The van der Waals surface area contributed by atoms with Crippen LogP contribution in [0.1, 0.15) is 23.3 Å². The highest BCUT2D eigenvalue weighted by Crippen LogP contribution is 2.28. The van der Waals surface area contributed by atoms with E-state index in [0.29, 0.717) is 36.1 Å². The highest BCUT2D eigenvalue weighted by molar-refractivity contribution is 5.51. The fourth-order valence-electron chi connectivity index (χ4n) is 2.64. The molecule has 1 aliphatic rings. The Hall–Kier alpha value is -2.46. The minimum absolute atomic E-state index is 0.0787. The number of rotatable bonds is 2. The molecule has 0 N–H and O–H groups in total. The maximum Gasteiger partial charge on any atom is 0.245 e. The summed E-state index contributed by atoms with van der Waals surface area (Å²) in [7, 11) is 1.98. The largest absolute Gasteiger partial charge is 0.366 e. The zero-order chi connectivity index (χ0) is 15.7. The summed E-state index contributed by atoms with van der Waals surface area (Å²) in [6, 6.07) is 6.40. The first-order valence-corrected chi connectivity index (χ1v) is 7.03. The van der Waals surface area contributed by atoms with Crippen molar-refractivity contribution in [1.82, 2.24) is 15.0 Å². The Morgan fingerprint density at radius 2 is 2.23 bits per heavy atom. The molecule has 1 aromatic heterocycles. The van der Waals surface area contributed by atoms with E-state index in [0.717, 1.165) is 6.54 Å². The Balaban J connectivity index is 1.85. The summed E-state index contributed by atoms with van der Waals surface area (Å²) in [5.41, 5.74) is 0.813. The fourth-order valence-corrected chi connectivity index (χ4v) is 2.64. The molecular formula is C15H16FN5O. The van der Waals surface area contributed by atoms with Crippen molar-refractivity contribution in [2.75, 3.05) is 31.6 Å². The molecule has 1 fully saturated rings. The molecule has 0 aliphatic carbocycles. The van der Waals surface area contributed by atoms with Gasteiger partial charge in [-0.25, -0.2) is 4.39 Å². The second-order valence-electron chi connectivity index (χ2n) is 5.40. The molecule has 0 saturated carbocycles. The van der Waals surface area contributed by atoms with Crippen LogP contribution < -0.4 is 4.90 Å². The van der Waals surface area contributed by atoms with Gasteiger partial charge in [0.05, 0.1) is 17.3 Å². The predicted molar refractivity (Wildman–Crippen MR) is 77.7 cm³/mol. The third-order valence-corrected chi connectivity index (χ3v) is 3.89. The van der Waals surface area contributed by atoms with Gasteiger partial charge in [0.25, 0.3) is 0 Å². The number of likely N-dealkylation sites (N-methyl/N-ethyl adjacent to an activating group) is 1. The molecule has 114 valence electrons. The summed E-state index contributed by atoms with van der Waals surface area (Å²) in [5.74, 6) is 0.743. The van der Waals surface area contributed by atoms with Crippen LogP contribution in [0.25, 0.3) is 0 Å². The predicted octanol–water partition coefficient (Wildman–Crippen LogP) is 1.88. The SMILES string of the molecule is Cc1noc([C@H]2CN(c3ccc(C#N)cc3F)CCN2C)n1. The fraction of sp³-hybridized carbons (Fsp3) is 0.400. The van der Waals surface area contributed by atoms with E-state index in [9.17, 15) is 4.39 Å². The summed E-state index contributed by atoms with van der Waals surface area (Å²) in [4.78, 5) is 8.34. The quantitative estimate of drug-likeness (QED) is 0.843. The summed E-state index contributed by atoms with van der Waals surface area (Å²) >= 11 is 0. The number of piperazine rings is 1. The minimum atomic E-state index is -0.385. The minimum Gasteiger partial charge on any atom is -0.366 e. The van der Waals surface area contributed by atoms with Gasteiger partial charge in [-0.1, -0.05) is 5.16 Å². The number of benzene rings is 1. The lowest BCUT2D eigenvalue weighted by Gasteiger charge is -2.38. The smallest absolute Gasteiger partial charge is 0.245 e. The number of nitriles is 1. The standard InChI is InChI=1S/C15H16FN5O/c1-10-18-15(22-19-10)14-9-21(6-5-20(14)2)13-4-3-11(8-17)7-12(13)16/h3-4,7,14H,5-6,9H2,1-2H3/t14-/m1/s1. The van der Waals surface area contributed by atoms with Crippen LogP contribution in [-0.4, -0.2) is 41.7 Å². The van der Waals surface area contributed by atoms with Crippen LogP contribution >= 0.6 is 0 Å². The number of halogens is 1. The maximum absolute atomic E-state index is 14.2. The zero-order valence-corrected chi connectivity index (χ0v) is 12.5. The lowest BCUT2D eigenvalue weighted by Crippen LogP contribution is -2.47. The highest BCUT2D eigenvalue weighted by atomic mass is 19.1. The maximum atomic E-state index is 14.2. The number of aryl methyl sites for hydroxylation is 1. The van der Waals surface area contributed by atoms with E-state index in [4.69, 9.17) is 9.78 Å². The molecule has 2 heterocycles. The molecule has 1 atom stereocenters. The van der Waals surface area contributed by atoms with Crippen molar-refractivity contribution < 1.29 is 8.91 Å². The van der Waals surface area contributed by atoms with Crippen molar-refractivity contribution in [1.29, 1.82) is 5.26 Å². The zero-order valence-electron chi connectivity index (χ0n) is 12.5. The first-order chi connectivity index (χ1) is 10.6. The summed E-state index contributed by atoms with van der Waals surface area (Å²) in [6.45, 7) is 3.78. The van der Waals surface area contributed by atoms with Crippen LogP contribution in [0.15, 0.2) is 22.7 Å². The molecule has 0 unspecified atom stereocenters. The molecule has 1 aromatic carbocycles. The normalized spacial score (nSPS) is 19.2. The highest BCUT2D eigenvalue weighted by Gasteiger charge is 2.30. The van der Waals surface area contributed by atoms with Crippen molar-refractivity contribution >= 4 is 5.69 Å². The van der Waals surface area contributed by atoms with E-state index in [1.54, 1.807) is 19.1 Å². The van der Waals surface area contributed by atoms with Crippen molar-refractivity contribution in [3.63, 3.8) is 0 Å². The third-order valence-electron chi connectivity index (χ3n) is 3.89. The lowest BCUT2D eigenvalue weighted by molar-refractivity contribution is 0.177. The van der Waals surface area contributed by atoms with Gasteiger partial charge in [0.15, 0.2) is 5.82 Å². The summed E-state index contributed by atoms with van der Waals surface area (Å²) in [5, 5.41) is 12.6. The average Bonchev–Trinajstić information content (AvgIpc) is 2.94. The number of anilines is 1. The number of nitrogens with zero attached hydrogens (tertiary/aromatic N) is 5. The molecule has 0 spiro atoms. The summed E-state index contributed by atoms with van der Waals surface area (Å²) < 4.78 is 19.5. The van der Waals surface area contributed by atoms with Crippen LogP contribution in [0.4, 0.5) is 10.1 Å². The molecular weight excluding hydrogens is 285 g/mol. The van der Waals surface area contributed by atoms with Gasteiger partial charge in [-0.15, -0.1) is 0 Å². The van der Waals surface area contributed by atoms with E-state index in [2.05, 4.69) is 15.0 Å². The van der Waals surface area contributed by atoms with Crippen molar-refractivity contribution in [3.05, 3.63) is 41.3 Å². The van der Waals surface area contributed by atoms with Gasteiger partial charge in [-0.2, -0.15) is 10.2 Å². The molecule has 6 nitrogen and oxygen atoms in total. The second-order valence-corrected chi connectivity index (χ2v) is 5.40. The molecule has 2 aromatic rings. The molecule has 0 amide bonds. The summed E-state index contributed by atoms with van der Waals surface area (Å²) in [6.07, 6.45) is 0. The monoisotopic (exact) mass is 301 g/mol. The van der Waals surface area contributed by atoms with Crippen LogP contribution in [-0.2, 0) is 0 Å². The van der Waals surface area contributed by atoms with E-state index < -0.39 is 0 Å². The van der Waals surface area contributed by atoms with Crippen LogP contribution in [0.2, 0.25) is 0 Å². The Kier molecular flexibility index (Phi) is 3.77. The van der Waals surface area contributed by atoms with Crippen LogP contribution in [0, 0.1) is 24.1 Å². The Morgan fingerprint density at radius 1 is 1.41 bits per heavy atom. The molecule has 7 heteroatoms. The average molecular weight is 301 g/mol. The van der Waals surface area contributed by atoms with Crippen LogP contribution in [0.3, 0.4) is 0 Å². The van der Waals surface area contributed by atoms with Gasteiger partial charge < -0.3 is 9.42 Å². The Labute approximate surface area is 127 Å². The first kappa shape index (κ1) is 14.5. The van der Waals surface area contributed by atoms with Crippen molar-refractivity contribution in [2.45, 2.75) is 13.0 Å². The molecule has 1 saturated heterocycles. The van der Waals surface area contributed by atoms with Gasteiger partial charge in [-0.05, 0) is 32.2 Å². The van der Waals surface area contributed by atoms with Gasteiger partial charge in [0, 0.05) is 19.6 Å². The van der Waals surface area contributed by atoms with Gasteiger partial charge in [0.1, 0.15) is 11.9 Å². The van der Waals surface area contributed by atoms with Crippen molar-refractivity contribution in [3.8, 4) is 6.07 Å². The topological polar surface area (TPSA) is 69.2 Å². The number of hydrogen-bond donors (Lipinski definition) is 0. The van der Waals surface area contributed by atoms with E-state index in [1.165, 1.54) is 6.07 Å². The number of aromatic nitrogens is 2. The Morgan fingerprint density at radius 3 is 2.86 bits per heavy atom. The number of hydrogen-bond acceptors (Lipinski definition) is 6.